The number of ketones is 1. The number of Topliss-reactive ketones (excluding diaryl/α,β-unsaturated/α-hetero) is 1. The van der Waals surface area contributed by atoms with Crippen LogP contribution in [-0.2, 0) is 57.2 Å². The zero-order valence-electron chi connectivity index (χ0n) is 31.7. The summed E-state index contributed by atoms with van der Waals surface area (Å²) in [6.45, 7) is 5.15. The maximum absolute atomic E-state index is 12.2. The third-order valence-electron chi connectivity index (χ3n) is 7.50. The number of carboxylic acids is 2. The molecule has 0 radical (unpaired) electrons. The standard InChI is InChI=1S/C36H65N3O14/c1-30(40)28-52-26-24-50-22-21-49-19-17-38-34(43)29-53-27-25-51-23-20-48-18-16-37-32(41)15-14-31(36(46)47)39-33(42)12-10-8-6-4-2-3-5-7-9-11-13-35(44)45/h31H,2-29H2,1H3,(H,37,41)(H,38,43)(H,39,42)(H,44,45)(H,46,47)/t31-/m0/s1. The van der Waals surface area contributed by atoms with Crippen molar-refractivity contribution in [2.24, 2.45) is 0 Å². The van der Waals surface area contributed by atoms with Gasteiger partial charge in [0, 0.05) is 32.4 Å². The molecule has 0 aliphatic carbocycles. The van der Waals surface area contributed by atoms with Crippen molar-refractivity contribution in [3.63, 3.8) is 0 Å². The Labute approximate surface area is 313 Å². The summed E-state index contributed by atoms with van der Waals surface area (Å²) in [6.07, 6.45) is 10.1. The second kappa shape index (κ2) is 37.1. The number of carboxylic acid groups (broad SMARTS) is 2. The lowest BCUT2D eigenvalue weighted by molar-refractivity contribution is -0.142. The second-order valence-corrected chi connectivity index (χ2v) is 12.4. The third kappa shape index (κ3) is 38.3. The minimum atomic E-state index is -1.18. The number of nitrogens with one attached hydrogen (secondary N) is 3. The van der Waals surface area contributed by atoms with E-state index in [9.17, 15) is 33.9 Å². The zero-order valence-corrected chi connectivity index (χ0v) is 31.7. The lowest BCUT2D eigenvalue weighted by Crippen LogP contribution is -2.41. The number of carbonyl (C=O) groups excluding carboxylic acids is 4. The molecule has 17 heteroatoms. The Morgan fingerprint density at radius 3 is 1.36 bits per heavy atom. The average Bonchev–Trinajstić information content (AvgIpc) is 3.11. The lowest BCUT2D eigenvalue weighted by atomic mass is 10.0. The smallest absolute Gasteiger partial charge is 0.326 e. The van der Waals surface area contributed by atoms with Crippen molar-refractivity contribution in [3.05, 3.63) is 0 Å². The molecule has 5 N–H and O–H groups in total. The van der Waals surface area contributed by atoms with E-state index < -0.39 is 18.0 Å². The maximum atomic E-state index is 12.2. The van der Waals surface area contributed by atoms with Crippen LogP contribution in [0, 0.1) is 0 Å². The van der Waals surface area contributed by atoms with E-state index in [0.717, 1.165) is 57.8 Å². The maximum Gasteiger partial charge on any atom is 0.326 e. The fourth-order valence-corrected chi connectivity index (χ4v) is 4.70. The molecule has 0 saturated heterocycles. The summed E-state index contributed by atoms with van der Waals surface area (Å²) in [4.78, 5) is 68.9. The molecule has 0 heterocycles. The summed E-state index contributed by atoms with van der Waals surface area (Å²) in [5.41, 5.74) is 0. The summed E-state index contributed by atoms with van der Waals surface area (Å²) in [6, 6.07) is -1.13. The third-order valence-corrected chi connectivity index (χ3v) is 7.50. The normalized spacial score (nSPS) is 11.6. The van der Waals surface area contributed by atoms with Gasteiger partial charge in [-0.15, -0.1) is 0 Å². The number of rotatable bonds is 40. The van der Waals surface area contributed by atoms with E-state index in [1.54, 1.807) is 0 Å². The van der Waals surface area contributed by atoms with Gasteiger partial charge in [0.05, 0.1) is 66.1 Å². The van der Waals surface area contributed by atoms with Gasteiger partial charge in [0.2, 0.25) is 17.7 Å². The van der Waals surface area contributed by atoms with Crippen LogP contribution in [0.4, 0.5) is 0 Å². The lowest BCUT2D eigenvalue weighted by Gasteiger charge is -2.14. The SMILES string of the molecule is CC(=O)COCCOCCOCCNC(=O)COCCOCCOCCNC(=O)CC[C@H](NC(=O)CCCCCCCCCCCCC(=O)O)C(=O)O. The van der Waals surface area contributed by atoms with Gasteiger partial charge in [0.25, 0.3) is 0 Å². The van der Waals surface area contributed by atoms with Crippen molar-refractivity contribution in [2.75, 3.05) is 92.4 Å². The number of amides is 3. The molecule has 0 aliphatic rings. The van der Waals surface area contributed by atoms with Gasteiger partial charge in [0.1, 0.15) is 19.3 Å². The predicted molar refractivity (Wildman–Crippen MR) is 193 cm³/mol. The number of aliphatic carboxylic acids is 2. The summed E-state index contributed by atoms with van der Waals surface area (Å²) < 4.78 is 31.8. The van der Waals surface area contributed by atoms with Crippen molar-refractivity contribution in [2.45, 2.75) is 103 Å². The predicted octanol–water partition coefficient (Wildman–Crippen LogP) is 2.02. The van der Waals surface area contributed by atoms with E-state index in [4.69, 9.17) is 33.5 Å². The Morgan fingerprint density at radius 1 is 0.472 bits per heavy atom. The highest BCUT2D eigenvalue weighted by molar-refractivity contribution is 5.84. The molecule has 0 unspecified atom stereocenters. The average molecular weight is 764 g/mol. The van der Waals surface area contributed by atoms with E-state index in [1.165, 1.54) is 6.92 Å². The van der Waals surface area contributed by atoms with Crippen LogP contribution >= 0.6 is 0 Å². The quantitative estimate of drug-likeness (QED) is 0.0562. The number of carbonyl (C=O) groups is 6. The number of hydrogen-bond acceptors (Lipinski definition) is 12. The molecule has 0 aromatic carbocycles. The number of unbranched alkanes of at least 4 members (excludes halogenated alkanes) is 9. The molecule has 0 saturated carbocycles. The molecule has 0 spiro atoms. The first-order valence-electron chi connectivity index (χ1n) is 18.8. The Morgan fingerprint density at radius 2 is 0.887 bits per heavy atom. The monoisotopic (exact) mass is 763 g/mol. The summed E-state index contributed by atoms with van der Waals surface area (Å²) >= 11 is 0. The van der Waals surface area contributed by atoms with Crippen molar-refractivity contribution in [3.8, 4) is 0 Å². The Bertz CT molecular complexity index is 985. The minimum absolute atomic E-state index is 0.0191. The highest BCUT2D eigenvalue weighted by Gasteiger charge is 2.20. The van der Waals surface area contributed by atoms with Crippen LogP contribution in [0.3, 0.4) is 0 Å². The second-order valence-electron chi connectivity index (χ2n) is 12.4. The molecule has 17 nitrogen and oxygen atoms in total. The highest BCUT2D eigenvalue weighted by Crippen LogP contribution is 2.12. The van der Waals surface area contributed by atoms with Gasteiger partial charge in [-0.05, 0) is 26.2 Å². The first-order valence-corrected chi connectivity index (χ1v) is 18.8. The van der Waals surface area contributed by atoms with E-state index in [0.29, 0.717) is 59.2 Å². The van der Waals surface area contributed by atoms with Crippen LogP contribution < -0.4 is 16.0 Å². The van der Waals surface area contributed by atoms with Crippen molar-refractivity contribution in [1.82, 2.24) is 16.0 Å². The fourth-order valence-electron chi connectivity index (χ4n) is 4.70. The molecule has 0 fully saturated rings. The Balaban J connectivity index is 3.60. The first-order chi connectivity index (χ1) is 25.6. The van der Waals surface area contributed by atoms with Crippen LogP contribution in [0.5, 0.6) is 0 Å². The Hall–Kier alpha value is -3.22. The van der Waals surface area contributed by atoms with E-state index >= 15 is 0 Å². The van der Waals surface area contributed by atoms with Gasteiger partial charge in [-0.1, -0.05) is 51.4 Å². The van der Waals surface area contributed by atoms with Crippen LogP contribution in [0.15, 0.2) is 0 Å². The Kier molecular flexibility index (Phi) is 34.9. The molecule has 0 aromatic rings. The summed E-state index contributed by atoms with van der Waals surface area (Å²) in [5.74, 6) is -2.91. The zero-order chi connectivity index (χ0) is 39.2. The topological polar surface area (TPSA) is 234 Å². The molecule has 0 aromatic heterocycles. The van der Waals surface area contributed by atoms with Crippen LogP contribution in [0.2, 0.25) is 0 Å². The van der Waals surface area contributed by atoms with E-state index in [2.05, 4.69) is 16.0 Å². The van der Waals surface area contributed by atoms with Gasteiger partial charge in [0.15, 0.2) is 5.78 Å². The fraction of sp³-hybridized carbons (Fsp3) is 0.833. The first kappa shape index (κ1) is 49.8. The summed E-state index contributed by atoms with van der Waals surface area (Å²) in [5, 5.41) is 25.9. The van der Waals surface area contributed by atoms with Crippen LogP contribution in [-0.4, -0.2) is 144 Å². The van der Waals surface area contributed by atoms with Crippen molar-refractivity contribution >= 4 is 35.4 Å². The van der Waals surface area contributed by atoms with Crippen molar-refractivity contribution in [1.29, 1.82) is 0 Å². The van der Waals surface area contributed by atoms with Crippen LogP contribution in [0.1, 0.15) is 96.8 Å². The molecule has 1 atom stereocenters. The van der Waals surface area contributed by atoms with Gasteiger partial charge >= 0.3 is 11.9 Å². The molecule has 0 aliphatic heterocycles. The van der Waals surface area contributed by atoms with Gasteiger partial charge in [-0.3, -0.25) is 24.0 Å². The molecule has 308 valence electrons. The number of ether oxygens (including phenoxy) is 6. The van der Waals surface area contributed by atoms with Gasteiger partial charge < -0.3 is 54.6 Å². The molecular formula is C36H65N3O14. The van der Waals surface area contributed by atoms with Crippen molar-refractivity contribution < 1.29 is 67.4 Å². The minimum Gasteiger partial charge on any atom is -0.481 e. The molecule has 0 rings (SSSR count). The van der Waals surface area contributed by atoms with Crippen LogP contribution in [0.25, 0.3) is 0 Å². The molecule has 3 amide bonds. The molecular weight excluding hydrogens is 698 g/mol. The van der Waals surface area contributed by atoms with Gasteiger partial charge in [-0.2, -0.15) is 0 Å². The molecule has 53 heavy (non-hydrogen) atoms. The van der Waals surface area contributed by atoms with Gasteiger partial charge in [-0.25, -0.2) is 4.79 Å². The number of hydrogen-bond donors (Lipinski definition) is 5. The largest absolute Gasteiger partial charge is 0.481 e. The van der Waals surface area contributed by atoms with E-state index in [1.807, 2.05) is 0 Å². The highest BCUT2D eigenvalue weighted by atomic mass is 16.6. The molecule has 0 bridgehead atoms. The van der Waals surface area contributed by atoms with E-state index in [-0.39, 0.29) is 88.8 Å². The summed E-state index contributed by atoms with van der Waals surface area (Å²) in [7, 11) is 0.